The van der Waals surface area contributed by atoms with Crippen LogP contribution in [0.3, 0.4) is 0 Å². The Bertz CT molecular complexity index is 1090. The highest BCUT2D eigenvalue weighted by atomic mass is 32.1. The summed E-state index contributed by atoms with van der Waals surface area (Å²) in [6.45, 7) is 1.88. The number of hydrogen-bond donors (Lipinski definition) is 1. The lowest BCUT2D eigenvalue weighted by molar-refractivity contribution is -0.118. The molecule has 4 aromatic rings. The summed E-state index contributed by atoms with van der Waals surface area (Å²) < 4.78 is 10.9. The van der Waals surface area contributed by atoms with Crippen LogP contribution in [0.25, 0.3) is 22.2 Å². The van der Waals surface area contributed by atoms with Gasteiger partial charge in [0.2, 0.25) is 5.82 Å². The van der Waals surface area contributed by atoms with E-state index in [9.17, 15) is 4.79 Å². The summed E-state index contributed by atoms with van der Waals surface area (Å²) in [5.41, 5.74) is 2.58. The fourth-order valence-electron chi connectivity index (χ4n) is 2.63. The normalized spacial score (nSPS) is 10.6. The van der Waals surface area contributed by atoms with Crippen molar-refractivity contribution in [3.63, 3.8) is 0 Å². The summed E-state index contributed by atoms with van der Waals surface area (Å²) in [6, 6.07) is 18.7. The highest BCUT2D eigenvalue weighted by Gasteiger charge is 2.12. The minimum atomic E-state index is -0.226. The van der Waals surface area contributed by atoms with Crippen LogP contribution in [0.1, 0.15) is 5.56 Å². The molecule has 28 heavy (non-hydrogen) atoms. The van der Waals surface area contributed by atoms with Crippen LogP contribution < -0.4 is 10.1 Å². The van der Waals surface area contributed by atoms with Crippen LogP contribution in [0, 0.1) is 6.92 Å². The molecule has 4 rings (SSSR count). The Labute approximate surface area is 165 Å². The smallest absolute Gasteiger partial charge is 0.268 e. The number of carbonyl (C=O) groups excluding carboxylic acids is 1. The molecule has 0 radical (unpaired) electrons. The zero-order chi connectivity index (χ0) is 19.3. The molecule has 0 bridgehead atoms. The van der Waals surface area contributed by atoms with Gasteiger partial charge in [0, 0.05) is 11.3 Å². The predicted molar refractivity (Wildman–Crippen MR) is 108 cm³/mol. The molecule has 2 aromatic heterocycles. The fourth-order valence-corrected chi connectivity index (χ4v) is 3.28. The van der Waals surface area contributed by atoms with E-state index in [2.05, 4.69) is 15.5 Å². The van der Waals surface area contributed by atoms with Crippen molar-refractivity contribution in [3.8, 4) is 27.9 Å². The van der Waals surface area contributed by atoms with Crippen molar-refractivity contribution >= 4 is 22.9 Å². The van der Waals surface area contributed by atoms with Gasteiger partial charge in [0.25, 0.3) is 11.8 Å². The Morgan fingerprint density at radius 2 is 2.04 bits per heavy atom. The number of thiophene rings is 1. The van der Waals surface area contributed by atoms with Crippen molar-refractivity contribution in [3.05, 3.63) is 71.6 Å². The van der Waals surface area contributed by atoms with E-state index in [4.69, 9.17) is 9.26 Å². The maximum absolute atomic E-state index is 12.1. The molecule has 0 aliphatic heterocycles. The second-order valence-corrected chi connectivity index (χ2v) is 7.08. The summed E-state index contributed by atoms with van der Waals surface area (Å²) >= 11 is 1.54. The highest BCUT2D eigenvalue weighted by molar-refractivity contribution is 7.13. The van der Waals surface area contributed by atoms with Crippen LogP contribution in [-0.4, -0.2) is 22.7 Å². The van der Waals surface area contributed by atoms with Crippen LogP contribution in [0.2, 0.25) is 0 Å². The number of nitrogens with zero attached hydrogens (tertiary/aromatic N) is 2. The number of aromatic nitrogens is 2. The van der Waals surface area contributed by atoms with Crippen molar-refractivity contribution in [2.45, 2.75) is 6.92 Å². The largest absolute Gasteiger partial charge is 0.484 e. The number of hydrogen-bond acceptors (Lipinski definition) is 6. The molecule has 0 aliphatic carbocycles. The van der Waals surface area contributed by atoms with Crippen LogP contribution >= 0.6 is 11.3 Å². The Kier molecular flexibility index (Phi) is 5.16. The highest BCUT2D eigenvalue weighted by Crippen LogP contribution is 2.27. The van der Waals surface area contributed by atoms with Crippen molar-refractivity contribution < 1.29 is 14.1 Å². The molecule has 0 unspecified atom stereocenters. The van der Waals surface area contributed by atoms with Gasteiger partial charge in [0.05, 0.1) is 4.88 Å². The summed E-state index contributed by atoms with van der Waals surface area (Å²) in [4.78, 5) is 17.4. The average Bonchev–Trinajstić information content (AvgIpc) is 3.38. The molecule has 0 saturated carbocycles. The van der Waals surface area contributed by atoms with Gasteiger partial charge in [-0.25, -0.2) is 0 Å². The second-order valence-electron chi connectivity index (χ2n) is 6.13. The van der Waals surface area contributed by atoms with Gasteiger partial charge in [-0.2, -0.15) is 4.98 Å². The van der Waals surface area contributed by atoms with Crippen LogP contribution in [0.5, 0.6) is 5.75 Å². The molecule has 0 aliphatic rings. The van der Waals surface area contributed by atoms with Crippen LogP contribution in [0.15, 0.2) is 70.6 Å². The third kappa shape index (κ3) is 4.27. The van der Waals surface area contributed by atoms with Gasteiger partial charge < -0.3 is 14.6 Å². The number of carbonyl (C=O) groups is 1. The quantitative estimate of drug-likeness (QED) is 0.511. The molecule has 2 aromatic carbocycles. The van der Waals surface area contributed by atoms with Gasteiger partial charge in [-0.15, -0.1) is 11.3 Å². The Morgan fingerprint density at radius 3 is 2.86 bits per heavy atom. The standard InChI is InChI=1S/C21H17N3O3S/c1-14-5-2-7-16(11-14)22-19(25)13-26-17-8-3-6-15(12-17)20-23-21(27-24-20)18-9-4-10-28-18/h2-12H,13H2,1H3,(H,22,25). The third-order valence-electron chi connectivity index (χ3n) is 3.92. The molecule has 140 valence electrons. The lowest BCUT2D eigenvalue weighted by Gasteiger charge is -2.08. The van der Waals surface area contributed by atoms with Crippen molar-refractivity contribution in [1.82, 2.24) is 10.1 Å². The number of aryl methyl sites for hydroxylation is 1. The third-order valence-corrected chi connectivity index (χ3v) is 4.78. The summed E-state index contributed by atoms with van der Waals surface area (Å²) in [6.07, 6.45) is 0. The minimum absolute atomic E-state index is 0.0932. The first-order valence-corrected chi connectivity index (χ1v) is 9.53. The molecule has 2 heterocycles. The van der Waals surface area contributed by atoms with Gasteiger partial charge in [0.1, 0.15) is 5.75 Å². The lowest BCUT2D eigenvalue weighted by atomic mass is 10.2. The van der Waals surface area contributed by atoms with E-state index in [0.29, 0.717) is 17.5 Å². The minimum Gasteiger partial charge on any atom is -0.484 e. The Hall–Kier alpha value is -3.45. The van der Waals surface area contributed by atoms with Crippen molar-refractivity contribution in [1.29, 1.82) is 0 Å². The summed E-state index contributed by atoms with van der Waals surface area (Å²) in [5, 5.41) is 8.80. The van der Waals surface area contributed by atoms with E-state index in [1.54, 1.807) is 12.1 Å². The maximum atomic E-state index is 12.1. The summed E-state index contributed by atoms with van der Waals surface area (Å²) in [5.74, 6) is 1.28. The van der Waals surface area contributed by atoms with E-state index in [1.165, 1.54) is 11.3 Å². The molecule has 1 N–H and O–H groups in total. The molecule has 0 fully saturated rings. The topological polar surface area (TPSA) is 77.2 Å². The van der Waals surface area contributed by atoms with Gasteiger partial charge in [-0.1, -0.05) is 35.5 Å². The number of amides is 1. The van der Waals surface area contributed by atoms with E-state index in [-0.39, 0.29) is 12.5 Å². The number of anilines is 1. The van der Waals surface area contributed by atoms with Crippen molar-refractivity contribution in [2.75, 3.05) is 11.9 Å². The van der Waals surface area contributed by atoms with Crippen LogP contribution in [0.4, 0.5) is 5.69 Å². The number of benzene rings is 2. The summed E-state index contributed by atoms with van der Waals surface area (Å²) in [7, 11) is 0. The maximum Gasteiger partial charge on any atom is 0.268 e. The van der Waals surface area contributed by atoms with E-state index in [1.807, 2.05) is 60.8 Å². The Balaban J connectivity index is 1.41. The first-order chi connectivity index (χ1) is 13.7. The zero-order valence-electron chi connectivity index (χ0n) is 15.1. The Morgan fingerprint density at radius 1 is 1.14 bits per heavy atom. The van der Waals surface area contributed by atoms with E-state index < -0.39 is 0 Å². The molecule has 0 saturated heterocycles. The van der Waals surface area contributed by atoms with Crippen molar-refractivity contribution in [2.24, 2.45) is 0 Å². The van der Waals surface area contributed by atoms with Gasteiger partial charge in [-0.05, 0) is 48.2 Å². The predicted octanol–water partition coefficient (Wildman–Crippen LogP) is 4.79. The molecular weight excluding hydrogens is 374 g/mol. The molecular formula is C21H17N3O3S. The number of ether oxygens (including phenoxy) is 1. The van der Waals surface area contributed by atoms with E-state index >= 15 is 0 Å². The van der Waals surface area contributed by atoms with Gasteiger partial charge in [-0.3, -0.25) is 4.79 Å². The number of nitrogens with one attached hydrogen (secondary N) is 1. The first kappa shape index (κ1) is 17.9. The van der Waals surface area contributed by atoms with Gasteiger partial charge >= 0.3 is 0 Å². The monoisotopic (exact) mass is 391 g/mol. The van der Waals surface area contributed by atoms with Gasteiger partial charge in [0.15, 0.2) is 6.61 Å². The fraction of sp³-hybridized carbons (Fsp3) is 0.0952. The molecule has 1 amide bonds. The zero-order valence-corrected chi connectivity index (χ0v) is 15.9. The molecule has 0 spiro atoms. The number of rotatable bonds is 6. The average molecular weight is 391 g/mol. The second kappa shape index (κ2) is 8.06. The molecule has 7 heteroatoms. The van der Waals surface area contributed by atoms with Crippen LogP contribution in [-0.2, 0) is 4.79 Å². The first-order valence-electron chi connectivity index (χ1n) is 8.65. The molecule has 0 atom stereocenters. The SMILES string of the molecule is Cc1cccc(NC(=O)COc2cccc(-c3noc(-c4cccs4)n3)c2)c1. The van der Waals surface area contributed by atoms with E-state index in [0.717, 1.165) is 21.7 Å². The molecule has 6 nitrogen and oxygen atoms in total. The lowest BCUT2D eigenvalue weighted by Crippen LogP contribution is -2.20.